The van der Waals surface area contributed by atoms with Crippen LogP contribution in [0, 0.1) is 5.92 Å². The van der Waals surface area contributed by atoms with Gasteiger partial charge in [-0.1, -0.05) is 31.9 Å². The molecule has 9 heteroatoms. The standard InChI is InChI=1S/C18H25ClN2O5S/c1-4-12(2)16(18(23)26-3)20-17(22)13-7-8-14(19)15(11-13)27(24,25)21-9-5-6-10-21/h7-8,11-12,16H,4-6,9-10H2,1-3H3,(H,20,22)/t12-,16+/m1/s1. The van der Waals surface area contributed by atoms with E-state index >= 15 is 0 Å². The number of esters is 1. The van der Waals surface area contributed by atoms with Gasteiger partial charge in [0.25, 0.3) is 5.91 Å². The van der Waals surface area contributed by atoms with E-state index in [1.54, 1.807) is 0 Å². The Bertz CT molecular complexity index is 806. The third kappa shape index (κ3) is 4.80. The minimum atomic E-state index is -3.77. The maximum Gasteiger partial charge on any atom is 0.328 e. The first-order valence-electron chi connectivity index (χ1n) is 8.90. The number of carbonyl (C=O) groups excluding carboxylic acids is 2. The Hall–Kier alpha value is -1.64. The van der Waals surface area contributed by atoms with E-state index in [0.29, 0.717) is 19.5 Å². The lowest BCUT2D eigenvalue weighted by molar-refractivity contribution is -0.144. The Morgan fingerprint density at radius 3 is 2.48 bits per heavy atom. The van der Waals surface area contributed by atoms with Gasteiger partial charge in [-0.05, 0) is 37.0 Å². The van der Waals surface area contributed by atoms with Gasteiger partial charge in [0.1, 0.15) is 10.9 Å². The fourth-order valence-electron chi connectivity index (χ4n) is 2.93. The molecule has 0 aliphatic carbocycles. The van der Waals surface area contributed by atoms with Gasteiger partial charge in [-0.2, -0.15) is 4.31 Å². The molecule has 2 atom stereocenters. The number of hydrogen-bond acceptors (Lipinski definition) is 5. The van der Waals surface area contributed by atoms with Crippen molar-refractivity contribution in [2.24, 2.45) is 5.92 Å². The highest BCUT2D eigenvalue weighted by Gasteiger charge is 2.31. The summed E-state index contributed by atoms with van der Waals surface area (Å²) in [5.41, 5.74) is 0.120. The van der Waals surface area contributed by atoms with Crippen molar-refractivity contribution in [3.63, 3.8) is 0 Å². The Morgan fingerprint density at radius 2 is 1.93 bits per heavy atom. The van der Waals surface area contributed by atoms with Crippen LogP contribution in [0.4, 0.5) is 0 Å². The second kappa shape index (κ2) is 9.03. The summed E-state index contributed by atoms with van der Waals surface area (Å²) in [7, 11) is -2.51. The first-order valence-corrected chi connectivity index (χ1v) is 10.7. The number of sulfonamides is 1. The number of rotatable bonds is 7. The smallest absolute Gasteiger partial charge is 0.328 e. The zero-order chi connectivity index (χ0) is 20.2. The van der Waals surface area contributed by atoms with Crippen molar-refractivity contribution in [3.05, 3.63) is 28.8 Å². The molecule has 0 spiro atoms. The van der Waals surface area contributed by atoms with Gasteiger partial charge in [0.05, 0.1) is 12.1 Å². The zero-order valence-electron chi connectivity index (χ0n) is 15.7. The second-order valence-corrected chi connectivity index (χ2v) is 8.93. The van der Waals surface area contributed by atoms with Crippen LogP contribution >= 0.6 is 11.6 Å². The highest BCUT2D eigenvalue weighted by Crippen LogP contribution is 2.28. The van der Waals surface area contributed by atoms with Crippen LogP contribution in [0.5, 0.6) is 0 Å². The second-order valence-electron chi connectivity index (χ2n) is 6.62. The lowest BCUT2D eigenvalue weighted by atomic mass is 9.99. The molecule has 0 bridgehead atoms. The highest BCUT2D eigenvalue weighted by molar-refractivity contribution is 7.89. The maximum absolute atomic E-state index is 12.8. The highest BCUT2D eigenvalue weighted by atomic mass is 35.5. The van der Waals surface area contributed by atoms with E-state index in [1.165, 1.54) is 29.6 Å². The SMILES string of the molecule is CC[C@@H](C)[C@H](NC(=O)c1ccc(Cl)c(S(=O)(=O)N2CCCC2)c1)C(=O)OC. The van der Waals surface area contributed by atoms with Crippen molar-refractivity contribution in [1.82, 2.24) is 9.62 Å². The summed E-state index contributed by atoms with van der Waals surface area (Å²) >= 11 is 6.10. The molecule has 1 saturated heterocycles. The van der Waals surface area contributed by atoms with E-state index in [-0.39, 0.29) is 21.4 Å². The van der Waals surface area contributed by atoms with Crippen LogP contribution in [0.1, 0.15) is 43.5 Å². The van der Waals surface area contributed by atoms with Gasteiger partial charge in [0, 0.05) is 18.7 Å². The van der Waals surface area contributed by atoms with E-state index in [4.69, 9.17) is 16.3 Å². The number of nitrogens with zero attached hydrogens (tertiary/aromatic N) is 1. The predicted molar refractivity (Wildman–Crippen MR) is 102 cm³/mol. The number of hydrogen-bond donors (Lipinski definition) is 1. The van der Waals surface area contributed by atoms with Crippen LogP contribution in [-0.2, 0) is 19.6 Å². The van der Waals surface area contributed by atoms with Crippen molar-refractivity contribution in [3.8, 4) is 0 Å². The molecule has 1 aromatic rings. The van der Waals surface area contributed by atoms with Crippen LogP contribution in [0.3, 0.4) is 0 Å². The Balaban J connectivity index is 2.31. The number of halogens is 1. The zero-order valence-corrected chi connectivity index (χ0v) is 17.3. The van der Waals surface area contributed by atoms with Crippen molar-refractivity contribution in [1.29, 1.82) is 0 Å². The van der Waals surface area contributed by atoms with Gasteiger partial charge in [0.15, 0.2) is 0 Å². The predicted octanol–water partition coefficient (Wildman–Crippen LogP) is 2.44. The summed E-state index contributed by atoms with van der Waals surface area (Å²) in [5, 5.41) is 2.70. The van der Waals surface area contributed by atoms with Crippen molar-refractivity contribution >= 4 is 33.5 Å². The normalized spacial score (nSPS) is 17.3. The fourth-order valence-corrected chi connectivity index (χ4v) is 4.95. The minimum Gasteiger partial charge on any atom is -0.467 e. The van der Waals surface area contributed by atoms with Gasteiger partial charge in [0.2, 0.25) is 10.0 Å². The minimum absolute atomic E-state index is 0.0601. The number of carbonyl (C=O) groups is 2. The van der Waals surface area contributed by atoms with Gasteiger partial charge in [-0.15, -0.1) is 0 Å². The van der Waals surface area contributed by atoms with Crippen LogP contribution < -0.4 is 5.32 Å². The van der Waals surface area contributed by atoms with Gasteiger partial charge < -0.3 is 10.1 Å². The largest absolute Gasteiger partial charge is 0.467 e. The summed E-state index contributed by atoms with van der Waals surface area (Å²) < 4.78 is 31.7. The molecule has 0 radical (unpaired) electrons. The van der Waals surface area contributed by atoms with Gasteiger partial charge >= 0.3 is 5.97 Å². The summed E-state index contributed by atoms with van der Waals surface area (Å²) in [5.74, 6) is -1.24. The van der Waals surface area contributed by atoms with Crippen LogP contribution in [0.15, 0.2) is 23.1 Å². The monoisotopic (exact) mass is 416 g/mol. The molecule has 0 unspecified atom stereocenters. The van der Waals surface area contributed by atoms with E-state index in [2.05, 4.69) is 5.32 Å². The van der Waals surface area contributed by atoms with Crippen LogP contribution in [0.2, 0.25) is 5.02 Å². The van der Waals surface area contributed by atoms with Gasteiger partial charge in [-0.25, -0.2) is 13.2 Å². The molecule has 1 aromatic carbocycles. The molecular weight excluding hydrogens is 392 g/mol. The molecule has 7 nitrogen and oxygen atoms in total. The van der Waals surface area contributed by atoms with Crippen LogP contribution in [0.25, 0.3) is 0 Å². The lowest BCUT2D eigenvalue weighted by Gasteiger charge is -2.22. The number of ether oxygens (including phenoxy) is 1. The summed E-state index contributed by atoms with van der Waals surface area (Å²) in [4.78, 5) is 24.5. The first-order chi connectivity index (χ1) is 12.7. The molecule has 1 aliphatic heterocycles. The summed E-state index contributed by atoms with van der Waals surface area (Å²) in [6.45, 7) is 4.60. The summed E-state index contributed by atoms with van der Waals surface area (Å²) in [6, 6.07) is 3.26. The molecular formula is C18H25ClN2O5S. The molecule has 1 N–H and O–H groups in total. The fraction of sp³-hybridized carbons (Fsp3) is 0.556. The molecule has 2 rings (SSSR count). The van der Waals surface area contributed by atoms with Crippen LogP contribution in [-0.4, -0.2) is 50.8 Å². The Morgan fingerprint density at radius 1 is 1.30 bits per heavy atom. The molecule has 27 heavy (non-hydrogen) atoms. The quantitative estimate of drug-likeness (QED) is 0.689. The Kier molecular flexibility index (Phi) is 7.25. The first kappa shape index (κ1) is 21.7. The third-order valence-corrected chi connectivity index (χ3v) is 7.21. The molecule has 1 fully saturated rings. The van der Waals surface area contributed by atoms with E-state index in [0.717, 1.165) is 12.8 Å². The van der Waals surface area contributed by atoms with Crippen molar-refractivity contribution < 1.29 is 22.7 Å². The lowest BCUT2D eigenvalue weighted by Crippen LogP contribution is -2.45. The average molecular weight is 417 g/mol. The molecule has 1 amide bonds. The molecule has 0 aromatic heterocycles. The average Bonchev–Trinajstić information content (AvgIpc) is 3.20. The molecule has 1 heterocycles. The Labute approximate surface area is 165 Å². The van der Waals surface area contributed by atoms with Crippen molar-refractivity contribution in [2.75, 3.05) is 20.2 Å². The van der Waals surface area contributed by atoms with E-state index < -0.39 is 27.9 Å². The third-order valence-electron chi connectivity index (χ3n) is 4.83. The number of methoxy groups -OCH3 is 1. The maximum atomic E-state index is 12.8. The summed E-state index contributed by atoms with van der Waals surface area (Å²) in [6.07, 6.45) is 2.26. The topological polar surface area (TPSA) is 92.8 Å². The number of nitrogens with one attached hydrogen (secondary N) is 1. The molecule has 0 saturated carbocycles. The van der Waals surface area contributed by atoms with Crippen molar-refractivity contribution in [2.45, 2.75) is 44.0 Å². The molecule has 150 valence electrons. The van der Waals surface area contributed by atoms with E-state index in [1.807, 2.05) is 13.8 Å². The number of benzene rings is 1. The van der Waals surface area contributed by atoms with E-state index in [9.17, 15) is 18.0 Å². The van der Waals surface area contributed by atoms with Gasteiger partial charge in [-0.3, -0.25) is 4.79 Å². The number of amides is 1. The molecule has 1 aliphatic rings.